The molecule has 14 heavy (non-hydrogen) atoms. The van der Waals surface area contributed by atoms with Gasteiger partial charge in [-0.25, -0.2) is 0 Å². The molecule has 0 radical (unpaired) electrons. The minimum Gasteiger partial charge on any atom is -0.507 e. The summed E-state index contributed by atoms with van der Waals surface area (Å²) in [5.41, 5.74) is 11.1. The van der Waals surface area contributed by atoms with Gasteiger partial charge >= 0.3 is 0 Å². The van der Waals surface area contributed by atoms with Gasteiger partial charge in [0.2, 0.25) is 0 Å². The molecule has 0 saturated heterocycles. The summed E-state index contributed by atoms with van der Waals surface area (Å²) in [6.07, 6.45) is 0. The van der Waals surface area contributed by atoms with Crippen molar-refractivity contribution >= 4 is 5.69 Å². The molecule has 1 aromatic rings. The van der Waals surface area contributed by atoms with Crippen molar-refractivity contribution in [2.45, 2.75) is 6.04 Å². The normalized spacial score (nSPS) is 12.4. The molecule has 0 saturated carbocycles. The largest absolute Gasteiger partial charge is 0.507 e. The van der Waals surface area contributed by atoms with Crippen molar-refractivity contribution in [3.8, 4) is 5.75 Å². The second kappa shape index (κ2) is 4.03. The van der Waals surface area contributed by atoms with Crippen molar-refractivity contribution in [2.75, 3.05) is 6.54 Å². The van der Waals surface area contributed by atoms with Gasteiger partial charge in [-0.15, -0.1) is 0 Å². The number of nitrogens with zero attached hydrogens (tertiary/aromatic N) is 1. The lowest BCUT2D eigenvalue weighted by molar-refractivity contribution is -0.384. The number of phenols is 1. The van der Waals surface area contributed by atoms with Crippen LogP contribution < -0.4 is 11.5 Å². The second-order valence-electron chi connectivity index (χ2n) is 2.84. The molecule has 1 rings (SSSR count). The number of hydrogen-bond donors (Lipinski definition) is 3. The van der Waals surface area contributed by atoms with Gasteiger partial charge in [-0.3, -0.25) is 10.1 Å². The van der Waals surface area contributed by atoms with E-state index in [0.717, 1.165) is 6.07 Å². The molecule has 76 valence electrons. The Morgan fingerprint density at radius 2 is 2.21 bits per heavy atom. The number of nitro groups is 1. The maximum atomic E-state index is 10.3. The fraction of sp³-hybridized carbons (Fsp3) is 0.250. The average molecular weight is 197 g/mol. The number of aromatic hydroxyl groups is 1. The first-order valence-corrected chi connectivity index (χ1v) is 3.99. The molecule has 0 aliphatic carbocycles. The summed E-state index contributed by atoms with van der Waals surface area (Å²) in [5, 5.41) is 19.7. The summed E-state index contributed by atoms with van der Waals surface area (Å²) >= 11 is 0. The van der Waals surface area contributed by atoms with Crippen LogP contribution in [0.5, 0.6) is 5.75 Å². The van der Waals surface area contributed by atoms with E-state index in [0.29, 0.717) is 5.56 Å². The summed E-state index contributed by atoms with van der Waals surface area (Å²) in [6, 6.07) is 3.25. The summed E-state index contributed by atoms with van der Waals surface area (Å²) < 4.78 is 0. The van der Waals surface area contributed by atoms with Crippen molar-refractivity contribution in [2.24, 2.45) is 11.5 Å². The molecule has 0 aromatic heterocycles. The smallest absolute Gasteiger partial charge is 0.273 e. The second-order valence-corrected chi connectivity index (χ2v) is 2.84. The van der Waals surface area contributed by atoms with Crippen LogP contribution in [-0.2, 0) is 0 Å². The van der Waals surface area contributed by atoms with Crippen LogP contribution in [0.3, 0.4) is 0 Å². The van der Waals surface area contributed by atoms with Gasteiger partial charge in [0.1, 0.15) is 5.75 Å². The minimum atomic E-state index is -0.586. The van der Waals surface area contributed by atoms with Gasteiger partial charge in [0.25, 0.3) is 5.69 Å². The fourth-order valence-corrected chi connectivity index (χ4v) is 1.09. The molecule has 1 aromatic carbocycles. The number of non-ortho nitro benzene ring substituents is 1. The Balaban J connectivity index is 3.07. The maximum Gasteiger partial charge on any atom is 0.273 e. The van der Waals surface area contributed by atoms with Crippen LogP contribution in [0, 0.1) is 10.1 Å². The van der Waals surface area contributed by atoms with Crippen LogP contribution in [0.25, 0.3) is 0 Å². The third kappa shape index (κ3) is 1.98. The molecule has 1 unspecified atom stereocenters. The summed E-state index contributed by atoms with van der Waals surface area (Å²) in [4.78, 5) is 9.76. The zero-order chi connectivity index (χ0) is 10.7. The highest BCUT2D eigenvalue weighted by Crippen LogP contribution is 2.26. The topological polar surface area (TPSA) is 115 Å². The lowest BCUT2D eigenvalue weighted by Gasteiger charge is -2.10. The van der Waals surface area contributed by atoms with Gasteiger partial charge in [-0.1, -0.05) is 0 Å². The van der Waals surface area contributed by atoms with Crippen molar-refractivity contribution in [1.29, 1.82) is 0 Å². The van der Waals surface area contributed by atoms with Gasteiger partial charge in [-0.05, 0) is 6.07 Å². The molecule has 6 heteroatoms. The third-order valence-electron chi connectivity index (χ3n) is 1.88. The van der Waals surface area contributed by atoms with Crippen LogP contribution in [0.4, 0.5) is 5.69 Å². The Bertz CT molecular complexity index is 354. The molecule has 0 amide bonds. The molecule has 0 aliphatic heterocycles. The number of phenolic OH excluding ortho intramolecular Hbond substituents is 1. The molecule has 0 fully saturated rings. The van der Waals surface area contributed by atoms with E-state index in [1.54, 1.807) is 0 Å². The average Bonchev–Trinajstić information content (AvgIpc) is 2.16. The highest BCUT2D eigenvalue weighted by molar-refractivity contribution is 5.44. The van der Waals surface area contributed by atoms with Gasteiger partial charge in [0, 0.05) is 24.2 Å². The molecule has 5 N–H and O–H groups in total. The van der Waals surface area contributed by atoms with Crippen LogP contribution >= 0.6 is 0 Å². The standard InChI is InChI=1S/C8H11N3O3/c9-4-7(10)6-2-1-5(11(13)14)3-8(6)12/h1-3,7,12H,4,9-10H2. The number of rotatable bonds is 3. The Morgan fingerprint density at radius 3 is 2.64 bits per heavy atom. The predicted octanol–water partition coefficient (Wildman–Crippen LogP) is 0.259. The lowest BCUT2D eigenvalue weighted by Crippen LogP contribution is -2.20. The van der Waals surface area contributed by atoms with E-state index >= 15 is 0 Å². The number of nitro benzene ring substituents is 1. The zero-order valence-electron chi connectivity index (χ0n) is 7.38. The van der Waals surface area contributed by atoms with Crippen LogP contribution in [0.2, 0.25) is 0 Å². The van der Waals surface area contributed by atoms with Crippen LogP contribution in [-0.4, -0.2) is 16.6 Å². The first-order chi connectivity index (χ1) is 6.56. The van der Waals surface area contributed by atoms with Gasteiger partial charge in [0.05, 0.1) is 11.0 Å². The van der Waals surface area contributed by atoms with E-state index in [1.165, 1.54) is 12.1 Å². The highest BCUT2D eigenvalue weighted by Gasteiger charge is 2.13. The lowest BCUT2D eigenvalue weighted by atomic mass is 10.1. The van der Waals surface area contributed by atoms with Gasteiger partial charge in [-0.2, -0.15) is 0 Å². The van der Waals surface area contributed by atoms with Crippen LogP contribution in [0.1, 0.15) is 11.6 Å². The van der Waals surface area contributed by atoms with E-state index in [9.17, 15) is 15.2 Å². The molecule has 0 bridgehead atoms. The molecule has 0 spiro atoms. The Hall–Kier alpha value is -1.66. The highest BCUT2D eigenvalue weighted by atomic mass is 16.6. The Labute approximate surface area is 80.3 Å². The van der Waals surface area contributed by atoms with E-state index in [4.69, 9.17) is 11.5 Å². The minimum absolute atomic E-state index is 0.171. The summed E-state index contributed by atoms with van der Waals surface area (Å²) in [7, 11) is 0. The molecule has 0 aliphatic rings. The molecule has 0 heterocycles. The molecular formula is C8H11N3O3. The van der Waals surface area contributed by atoms with E-state index in [2.05, 4.69) is 0 Å². The monoisotopic (exact) mass is 197 g/mol. The zero-order valence-corrected chi connectivity index (χ0v) is 7.38. The first kappa shape index (κ1) is 10.4. The fourth-order valence-electron chi connectivity index (χ4n) is 1.09. The Kier molecular flexibility index (Phi) is 3.00. The predicted molar refractivity (Wildman–Crippen MR) is 50.7 cm³/mol. The first-order valence-electron chi connectivity index (χ1n) is 3.99. The van der Waals surface area contributed by atoms with E-state index < -0.39 is 11.0 Å². The summed E-state index contributed by atoms with van der Waals surface area (Å²) in [5.74, 6) is -0.197. The quantitative estimate of drug-likeness (QED) is 0.474. The van der Waals surface area contributed by atoms with Crippen LogP contribution in [0.15, 0.2) is 18.2 Å². The number of hydrogen-bond acceptors (Lipinski definition) is 5. The number of nitrogens with two attached hydrogens (primary N) is 2. The third-order valence-corrected chi connectivity index (χ3v) is 1.88. The van der Waals surface area contributed by atoms with Crippen molar-refractivity contribution in [3.63, 3.8) is 0 Å². The van der Waals surface area contributed by atoms with Gasteiger partial charge < -0.3 is 16.6 Å². The SMILES string of the molecule is NCC(N)c1ccc([N+](=O)[O-])cc1O. The number of benzene rings is 1. The van der Waals surface area contributed by atoms with Crippen molar-refractivity contribution in [1.82, 2.24) is 0 Å². The molecule has 6 nitrogen and oxygen atoms in total. The maximum absolute atomic E-state index is 10.3. The summed E-state index contributed by atoms with van der Waals surface area (Å²) in [6.45, 7) is 0.172. The molecular weight excluding hydrogens is 186 g/mol. The van der Waals surface area contributed by atoms with Gasteiger partial charge in [0.15, 0.2) is 0 Å². The van der Waals surface area contributed by atoms with E-state index in [-0.39, 0.29) is 18.0 Å². The Morgan fingerprint density at radius 1 is 1.57 bits per heavy atom. The van der Waals surface area contributed by atoms with Crippen molar-refractivity contribution in [3.05, 3.63) is 33.9 Å². The van der Waals surface area contributed by atoms with Crippen molar-refractivity contribution < 1.29 is 10.0 Å². The van der Waals surface area contributed by atoms with E-state index in [1.807, 2.05) is 0 Å². The molecule has 1 atom stereocenters.